The maximum atomic E-state index is 10.4. The Morgan fingerprint density at radius 2 is 2.06 bits per heavy atom. The molecule has 1 fully saturated rings. The van der Waals surface area contributed by atoms with Gasteiger partial charge in [-0.05, 0) is 25.0 Å². The van der Waals surface area contributed by atoms with Gasteiger partial charge in [-0.25, -0.2) is 9.78 Å². The summed E-state index contributed by atoms with van der Waals surface area (Å²) in [6, 6.07) is 4.00. The van der Waals surface area contributed by atoms with Crippen LogP contribution in [0.1, 0.15) is 19.3 Å². The number of pyridine rings is 1. The molecule has 5 N–H and O–H groups in total. The molecule has 3 rings (SSSR count). The summed E-state index contributed by atoms with van der Waals surface area (Å²) in [6.07, 6.45) is 5.01. The zero-order valence-electron chi connectivity index (χ0n) is 10.0. The van der Waals surface area contributed by atoms with E-state index >= 15 is 0 Å². The van der Waals surface area contributed by atoms with Crippen molar-refractivity contribution in [3.8, 4) is 0 Å². The van der Waals surface area contributed by atoms with Gasteiger partial charge in [-0.1, -0.05) is 0 Å². The first-order valence-electron chi connectivity index (χ1n) is 5.71. The minimum Gasteiger partial charge on any atom is -1.00 e. The zero-order valence-corrected chi connectivity index (χ0v) is 11.5. The summed E-state index contributed by atoms with van der Waals surface area (Å²) in [6.45, 7) is 1.84. The lowest BCUT2D eigenvalue weighted by molar-refractivity contribution is -0.574. The number of amides is 1. The van der Waals surface area contributed by atoms with Crippen LogP contribution in [0.2, 0.25) is 0 Å². The third-order valence-corrected chi connectivity index (χ3v) is 2.65. The molecule has 3 heterocycles. The predicted molar refractivity (Wildman–Crippen MR) is 60.8 cm³/mol. The fourth-order valence-electron chi connectivity index (χ4n) is 1.77. The second kappa shape index (κ2) is 8.97. The van der Waals surface area contributed by atoms with Crippen LogP contribution in [0.3, 0.4) is 0 Å². The highest BCUT2D eigenvalue weighted by molar-refractivity contribution is 5.65. The predicted octanol–water partition coefficient (Wildman–Crippen LogP) is -6.44. The molecule has 1 aromatic rings. The monoisotopic (exact) mass is 292 g/mol. The molecule has 2 aliphatic heterocycles. The van der Waals surface area contributed by atoms with E-state index in [0.717, 1.165) is 37.6 Å². The van der Waals surface area contributed by atoms with E-state index in [0.29, 0.717) is 5.91 Å². The largest absolute Gasteiger partial charge is 1.00 e. The first kappa shape index (κ1) is 17.0. The van der Waals surface area contributed by atoms with Crippen molar-refractivity contribution < 1.29 is 39.9 Å². The number of aromatic nitrogens is 1. The molecular formula is C11H18Cl2N4O. The van der Waals surface area contributed by atoms with Crippen molar-refractivity contribution in [2.75, 3.05) is 23.8 Å². The number of nitrogens with two attached hydrogens (primary N) is 1. The van der Waals surface area contributed by atoms with Crippen molar-refractivity contribution in [1.82, 2.24) is 0 Å². The lowest BCUT2D eigenvalue weighted by Gasteiger charge is -2.03. The number of H-pyrrole nitrogens is 1. The number of quaternary nitrogens is 1. The molecule has 0 bridgehead atoms. The fraction of sp³-hybridized carbons (Fsp3) is 0.455. The van der Waals surface area contributed by atoms with Crippen molar-refractivity contribution in [2.24, 2.45) is 0 Å². The maximum Gasteiger partial charge on any atom is 0.310 e. The van der Waals surface area contributed by atoms with Crippen molar-refractivity contribution in [3.63, 3.8) is 0 Å². The van der Waals surface area contributed by atoms with Crippen LogP contribution in [-0.2, 0) is 4.79 Å². The van der Waals surface area contributed by atoms with E-state index in [9.17, 15) is 4.79 Å². The highest BCUT2D eigenvalue weighted by atomic mass is 35.5. The van der Waals surface area contributed by atoms with Gasteiger partial charge in [0.15, 0.2) is 6.67 Å². The number of primary amides is 1. The number of carbonyl (C=O) groups excluding carboxylic acids is 1. The number of fused-ring (bicyclic) bond motifs is 1. The Morgan fingerprint density at radius 3 is 2.61 bits per heavy atom. The highest BCUT2D eigenvalue weighted by Gasteiger charge is 2.13. The van der Waals surface area contributed by atoms with Gasteiger partial charge in [0, 0.05) is 0 Å². The summed E-state index contributed by atoms with van der Waals surface area (Å²) >= 11 is 0. The summed E-state index contributed by atoms with van der Waals surface area (Å²) in [7, 11) is 0. The Bertz CT molecular complexity index is 345. The van der Waals surface area contributed by atoms with Crippen LogP contribution in [-0.4, -0.2) is 19.1 Å². The van der Waals surface area contributed by atoms with Gasteiger partial charge in [-0.2, -0.15) is 0 Å². The van der Waals surface area contributed by atoms with Gasteiger partial charge in [0.1, 0.15) is 5.69 Å². The molecule has 2 aliphatic rings. The van der Waals surface area contributed by atoms with E-state index in [1.165, 1.54) is 6.42 Å². The van der Waals surface area contributed by atoms with E-state index in [2.05, 4.69) is 15.6 Å². The third kappa shape index (κ3) is 5.08. The molecule has 1 aromatic heterocycles. The number of anilines is 2. The molecule has 1 saturated heterocycles. The van der Waals surface area contributed by atoms with Gasteiger partial charge in [-0.3, -0.25) is 10.6 Å². The van der Waals surface area contributed by atoms with E-state index in [4.69, 9.17) is 0 Å². The summed E-state index contributed by atoms with van der Waals surface area (Å²) in [5, 5.41) is 8.09. The van der Waals surface area contributed by atoms with E-state index in [1.807, 2.05) is 18.3 Å². The zero-order chi connectivity index (χ0) is 11.2. The van der Waals surface area contributed by atoms with E-state index < -0.39 is 0 Å². The molecule has 18 heavy (non-hydrogen) atoms. The van der Waals surface area contributed by atoms with Crippen molar-refractivity contribution in [2.45, 2.75) is 19.3 Å². The van der Waals surface area contributed by atoms with Gasteiger partial charge in [0.2, 0.25) is 0 Å². The van der Waals surface area contributed by atoms with Crippen molar-refractivity contribution in [1.29, 1.82) is 0 Å². The van der Waals surface area contributed by atoms with E-state index in [1.54, 1.807) is 5.32 Å². The minimum absolute atomic E-state index is 0. The molecule has 5 nitrogen and oxygen atoms in total. The summed E-state index contributed by atoms with van der Waals surface area (Å²) in [5.74, 6) is 1.42. The summed E-state index contributed by atoms with van der Waals surface area (Å²) in [4.78, 5) is 13.5. The molecule has 0 saturated carbocycles. The lowest BCUT2D eigenvalue weighted by Crippen LogP contribution is -3.00. The topological polar surface area (TPSA) is 71.9 Å². The Morgan fingerprint density at radius 1 is 1.22 bits per heavy atom. The fourth-order valence-corrected chi connectivity index (χ4v) is 1.77. The smallest absolute Gasteiger partial charge is 0.310 e. The van der Waals surface area contributed by atoms with Crippen molar-refractivity contribution in [3.05, 3.63) is 18.3 Å². The first-order chi connectivity index (χ1) is 7.86. The van der Waals surface area contributed by atoms with Crippen LogP contribution < -0.4 is 45.7 Å². The van der Waals surface area contributed by atoms with Gasteiger partial charge >= 0.3 is 5.91 Å². The molecule has 0 spiro atoms. The van der Waals surface area contributed by atoms with Crippen LogP contribution in [0.15, 0.2) is 18.3 Å². The Labute approximate surface area is 119 Å². The number of nitrogens with one attached hydrogen (secondary N) is 3. The molecule has 0 radical (unpaired) electrons. The number of piperidine rings is 1. The molecule has 0 aromatic carbocycles. The first-order valence-corrected chi connectivity index (χ1v) is 5.71. The average molecular weight is 293 g/mol. The third-order valence-electron chi connectivity index (χ3n) is 2.65. The number of halogens is 2. The number of aromatic amines is 1. The van der Waals surface area contributed by atoms with Gasteiger partial charge < -0.3 is 30.1 Å². The molecule has 0 aliphatic carbocycles. The summed E-state index contributed by atoms with van der Waals surface area (Å²) < 4.78 is 0. The molecule has 7 heteroatoms. The van der Waals surface area contributed by atoms with Gasteiger partial charge in [0.05, 0.1) is 19.2 Å². The Hall–Kier alpha value is -1.04. The minimum atomic E-state index is 0. The second-order valence-corrected chi connectivity index (χ2v) is 3.91. The van der Waals surface area contributed by atoms with Crippen LogP contribution in [0.25, 0.3) is 0 Å². The average Bonchev–Trinajstić information content (AvgIpc) is 2.79. The van der Waals surface area contributed by atoms with Crippen LogP contribution in [0, 0.1) is 0 Å². The van der Waals surface area contributed by atoms with Crippen LogP contribution in [0.4, 0.5) is 11.5 Å². The molecule has 102 valence electrons. The molecule has 0 atom stereocenters. The maximum absolute atomic E-state index is 10.4. The number of hydrogen-bond acceptors (Lipinski definition) is 3. The highest BCUT2D eigenvalue weighted by Crippen LogP contribution is 2.17. The SMILES string of the molecule is O=C1CCCC[NH2+]1.[Cl-].[Cl-].c1c[nH+]c2c(c1)NCN2. The summed E-state index contributed by atoms with van der Waals surface area (Å²) in [5.41, 5.74) is 1.15. The Kier molecular flexibility index (Phi) is 8.45. The molecule has 1 amide bonds. The quantitative estimate of drug-likeness (QED) is 0.445. The van der Waals surface area contributed by atoms with Crippen molar-refractivity contribution >= 4 is 17.4 Å². The number of hydrogen-bond donors (Lipinski definition) is 3. The van der Waals surface area contributed by atoms with Gasteiger partial charge in [-0.15, -0.1) is 0 Å². The standard InChI is InChI=1S/C6H7N3.C5H9NO.2ClH/c1-2-5-6(7-3-1)9-4-8-5;7-5-3-1-2-4-6-5;;/h1-3,8H,4H2,(H,7,9);1-4H2,(H,6,7);2*1H. The second-order valence-electron chi connectivity index (χ2n) is 3.91. The number of rotatable bonds is 0. The van der Waals surface area contributed by atoms with Gasteiger partial charge in [0.25, 0.3) is 5.82 Å². The Balaban J connectivity index is 0.000000297. The molecular weight excluding hydrogens is 275 g/mol. The van der Waals surface area contributed by atoms with E-state index in [-0.39, 0.29) is 24.8 Å². The number of carbonyl (C=O) groups is 1. The molecule has 0 unspecified atom stereocenters. The normalized spacial score (nSPS) is 15.7. The lowest BCUT2D eigenvalue weighted by atomic mass is 10.2. The van der Waals surface area contributed by atoms with Crippen LogP contribution >= 0.6 is 0 Å². The van der Waals surface area contributed by atoms with Crippen LogP contribution in [0.5, 0.6) is 0 Å².